The van der Waals surface area contributed by atoms with Gasteiger partial charge in [-0.2, -0.15) is 5.26 Å². The molecule has 0 bridgehead atoms. The zero-order valence-corrected chi connectivity index (χ0v) is 17.0. The lowest BCUT2D eigenvalue weighted by atomic mass is 9.90. The highest BCUT2D eigenvalue weighted by Gasteiger charge is 2.36. The SMILES string of the molecule is COc1cc(NC(=O)C(C)(C)C(=O)Nc2ccccc2C#N)cc(OC)c1OC. The summed E-state index contributed by atoms with van der Waals surface area (Å²) in [6, 6.07) is 11.7. The van der Waals surface area contributed by atoms with Crippen molar-refractivity contribution >= 4 is 23.2 Å². The van der Waals surface area contributed by atoms with Gasteiger partial charge in [-0.15, -0.1) is 0 Å². The van der Waals surface area contributed by atoms with E-state index in [0.29, 0.717) is 34.2 Å². The van der Waals surface area contributed by atoms with Crippen molar-refractivity contribution in [2.24, 2.45) is 5.41 Å². The van der Waals surface area contributed by atoms with Gasteiger partial charge in [-0.05, 0) is 26.0 Å². The number of methoxy groups -OCH3 is 3. The van der Waals surface area contributed by atoms with E-state index < -0.39 is 17.2 Å². The average Bonchev–Trinajstić information content (AvgIpc) is 2.73. The normalized spacial score (nSPS) is 10.5. The molecule has 0 fully saturated rings. The van der Waals surface area contributed by atoms with Crippen LogP contribution in [0.25, 0.3) is 0 Å². The second kappa shape index (κ2) is 8.97. The molecule has 0 aliphatic rings. The van der Waals surface area contributed by atoms with Crippen molar-refractivity contribution in [2.75, 3.05) is 32.0 Å². The van der Waals surface area contributed by atoms with Crippen LogP contribution in [0.1, 0.15) is 19.4 Å². The van der Waals surface area contributed by atoms with E-state index in [4.69, 9.17) is 19.5 Å². The van der Waals surface area contributed by atoms with Gasteiger partial charge in [0.25, 0.3) is 0 Å². The lowest BCUT2D eigenvalue weighted by Gasteiger charge is -2.23. The van der Waals surface area contributed by atoms with Crippen LogP contribution in [0.2, 0.25) is 0 Å². The van der Waals surface area contributed by atoms with Crippen molar-refractivity contribution in [1.82, 2.24) is 0 Å². The number of hydrogen-bond donors (Lipinski definition) is 2. The molecule has 2 amide bonds. The number of ether oxygens (including phenoxy) is 3. The second-order valence-electron chi connectivity index (χ2n) is 6.60. The van der Waals surface area contributed by atoms with E-state index in [0.717, 1.165) is 0 Å². The summed E-state index contributed by atoms with van der Waals surface area (Å²) >= 11 is 0. The fraction of sp³-hybridized carbons (Fsp3) is 0.286. The number of para-hydroxylation sites is 1. The Hall–Kier alpha value is -3.73. The van der Waals surface area contributed by atoms with Gasteiger partial charge in [0.05, 0.1) is 32.6 Å². The van der Waals surface area contributed by atoms with Crippen LogP contribution in [-0.2, 0) is 9.59 Å². The number of carbonyl (C=O) groups excluding carboxylic acids is 2. The number of nitrogens with one attached hydrogen (secondary N) is 2. The lowest BCUT2D eigenvalue weighted by Crippen LogP contribution is -2.41. The van der Waals surface area contributed by atoms with Gasteiger partial charge in [0.2, 0.25) is 17.6 Å². The van der Waals surface area contributed by atoms with E-state index in [-0.39, 0.29) is 0 Å². The second-order valence-corrected chi connectivity index (χ2v) is 6.60. The van der Waals surface area contributed by atoms with Gasteiger partial charge < -0.3 is 24.8 Å². The summed E-state index contributed by atoms with van der Waals surface area (Å²) in [7, 11) is 4.41. The molecule has 0 aromatic heterocycles. The van der Waals surface area contributed by atoms with Crippen LogP contribution in [0.15, 0.2) is 36.4 Å². The van der Waals surface area contributed by atoms with Crippen molar-refractivity contribution in [2.45, 2.75) is 13.8 Å². The standard InChI is InChI=1S/C21H23N3O5/c1-21(2,20(26)24-15-9-7-6-8-13(15)12-22)19(25)23-14-10-16(27-3)18(29-5)17(11-14)28-4/h6-11H,1-5H3,(H,23,25)(H,24,26). The smallest absolute Gasteiger partial charge is 0.239 e. The van der Waals surface area contributed by atoms with Crippen LogP contribution in [0.4, 0.5) is 11.4 Å². The van der Waals surface area contributed by atoms with E-state index in [1.807, 2.05) is 6.07 Å². The van der Waals surface area contributed by atoms with Gasteiger partial charge in [0.1, 0.15) is 11.5 Å². The molecule has 0 radical (unpaired) electrons. The highest BCUT2D eigenvalue weighted by molar-refractivity contribution is 6.14. The predicted octanol–water partition coefficient (Wildman–Crippen LogP) is 3.19. The van der Waals surface area contributed by atoms with Crippen LogP contribution in [0.5, 0.6) is 17.2 Å². The number of benzene rings is 2. The van der Waals surface area contributed by atoms with Crippen molar-refractivity contribution in [3.63, 3.8) is 0 Å². The Bertz CT molecular complexity index is 938. The number of carbonyl (C=O) groups is 2. The Labute approximate surface area is 169 Å². The van der Waals surface area contributed by atoms with E-state index in [1.54, 1.807) is 36.4 Å². The summed E-state index contributed by atoms with van der Waals surface area (Å²) in [5.74, 6) is 0.0293. The topological polar surface area (TPSA) is 110 Å². The van der Waals surface area contributed by atoms with Crippen LogP contribution in [-0.4, -0.2) is 33.1 Å². The van der Waals surface area contributed by atoms with E-state index >= 15 is 0 Å². The lowest BCUT2D eigenvalue weighted by molar-refractivity contribution is -0.135. The Morgan fingerprint density at radius 3 is 2.00 bits per heavy atom. The quantitative estimate of drug-likeness (QED) is 0.695. The maximum atomic E-state index is 12.8. The molecule has 8 heteroatoms. The third-order valence-electron chi connectivity index (χ3n) is 4.35. The van der Waals surface area contributed by atoms with E-state index in [2.05, 4.69) is 10.6 Å². The third kappa shape index (κ3) is 4.58. The highest BCUT2D eigenvalue weighted by Crippen LogP contribution is 2.40. The molecule has 8 nitrogen and oxygen atoms in total. The van der Waals surface area contributed by atoms with Crippen molar-refractivity contribution in [3.05, 3.63) is 42.0 Å². The molecule has 2 N–H and O–H groups in total. The van der Waals surface area contributed by atoms with Crippen LogP contribution < -0.4 is 24.8 Å². The predicted molar refractivity (Wildman–Crippen MR) is 108 cm³/mol. The molecular weight excluding hydrogens is 374 g/mol. The zero-order chi connectivity index (χ0) is 21.6. The zero-order valence-electron chi connectivity index (χ0n) is 17.0. The first kappa shape index (κ1) is 21.6. The average molecular weight is 397 g/mol. The van der Waals surface area contributed by atoms with Gasteiger partial charge in [0, 0.05) is 17.8 Å². The molecule has 152 valence electrons. The Balaban J connectivity index is 2.25. The van der Waals surface area contributed by atoms with Crippen LogP contribution in [0, 0.1) is 16.7 Å². The van der Waals surface area contributed by atoms with Gasteiger partial charge in [-0.3, -0.25) is 9.59 Å². The number of nitriles is 1. The van der Waals surface area contributed by atoms with Gasteiger partial charge in [-0.25, -0.2) is 0 Å². The summed E-state index contributed by atoms with van der Waals surface area (Å²) in [5.41, 5.74) is -0.402. The minimum Gasteiger partial charge on any atom is -0.493 e. The molecule has 0 aliphatic carbocycles. The molecule has 0 spiro atoms. The number of rotatable bonds is 7. The minimum absolute atomic E-state index is 0.307. The molecule has 0 heterocycles. The molecule has 29 heavy (non-hydrogen) atoms. The van der Waals surface area contributed by atoms with Gasteiger partial charge >= 0.3 is 0 Å². The van der Waals surface area contributed by atoms with E-state index in [9.17, 15) is 9.59 Å². The monoisotopic (exact) mass is 397 g/mol. The first-order valence-electron chi connectivity index (χ1n) is 8.70. The third-order valence-corrected chi connectivity index (χ3v) is 4.35. The molecule has 0 atom stereocenters. The van der Waals surface area contributed by atoms with Crippen molar-refractivity contribution in [1.29, 1.82) is 5.26 Å². The number of amides is 2. The number of nitrogens with zero attached hydrogens (tertiary/aromatic N) is 1. The fourth-order valence-electron chi connectivity index (χ4n) is 2.51. The molecular formula is C21H23N3O5. The van der Waals surface area contributed by atoms with Gasteiger partial charge in [-0.1, -0.05) is 12.1 Å². The van der Waals surface area contributed by atoms with Crippen molar-refractivity contribution in [3.8, 4) is 23.3 Å². The first-order valence-corrected chi connectivity index (χ1v) is 8.70. The van der Waals surface area contributed by atoms with Gasteiger partial charge in [0.15, 0.2) is 11.5 Å². The molecule has 0 saturated carbocycles. The molecule has 2 aromatic carbocycles. The molecule has 2 aromatic rings. The largest absolute Gasteiger partial charge is 0.493 e. The number of anilines is 2. The fourth-order valence-corrected chi connectivity index (χ4v) is 2.51. The summed E-state index contributed by atoms with van der Waals surface area (Å²) in [6.45, 7) is 2.98. The number of hydrogen-bond acceptors (Lipinski definition) is 6. The summed E-state index contributed by atoms with van der Waals surface area (Å²) < 4.78 is 15.8. The summed E-state index contributed by atoms with van der Waals surface area (Å²) in [5, 5.41) is 14.5. The molecule has 0 aliphatic heterocycles. The maximum absolute atomic E-state index is 12.8. The molecule has 2 rings (SSSR count). The highest BCUT2D eigenvalue weighted by atomic mass is 16.5. The Morgan fingerprint density at radius 2 is 1.48 bits per heavy atom. The molecule has 0 unspecified atom stereocenters. The Morgan fingerprint density at radius 1 is 0.931 bits per heavy atom. The molecule has 0 saturated heterocycles. The van der Waals surface area contributed by atoms with Crippen LogP contribution >= 0.6 is 0 Å². The van der Waals surface area contributed by atoms with Crippen molar-refractivity contribution < 1.29 is 23.8 Å². The summed E-state index contributed by atoms with van der Waals surface area (Å²) in [6.07, 6.45) is 0. The summed E-state index contributed by atoms with van der Waals surface area (Å²) in [4.78, 5) is 25.6. The maximum Gasteiger partial charge on any atom is 0.239 e. The Kier molecular flexibility index (Phi) is 6.67. The minimum atomic E-state index is -1.43. The van der Waals surface area contributed by atoms with E-state index in [1.165, 1.54) is 35.2 Å². The first-order chi connectivity index (χ1) is 13.8. The van der Waals surface area contributed by atoms with Crippen LogP contribution in [0.3, 0.4) is 0 Å².